The molecule has 0 aliphatic rings. The predicted octanol–water partition coefficient (Wildman–Crippen LogP) is 3.03. The second kappa shape index (κ2) is 6.30. The SMILES string of the molecule is CCNC(c1c(Br)nnn1C)C(C)c1ccccc1. The van der Waals surface area contributed by atoms with E-state index in [2.05, 4.69) is 69.7 Å². The van der Waals surface area contributed by atoms with Gasteiger partial charge in [-0.1, -0.05) is 49.4 Å². The Labute approximate surface area is 122 Å². The quantitative estimate of drug-likeness (QED) is 0.920. The van der Waals surface area contributed by atoms with Crippen molar-refractivity contribution in [3.8, 4) is 0 Å². The number of aryl methyl sites for hydroxylation is 1. The highest BCUT2D eigenvalue weighted by molar-refractivity contribution is 9.10. The highest BCUT2D eigenvalue weighted by Gasteiger charge is 2.25. The van der Waals surface area contributed by atoms with Crippen molar-refractivity contribution in [2.24, 2.45) is 7.05 Å². The van der Waals surface area contributed by atoms with E-state index in [1.54, 1.807) is 0 Å². The van der Waals surface area contributed by atoms with E-state index in [1.807, 2.05) is 17.8 Å². The van der Waals surface area contributed by atoms with Gasteiger partial charge in [-0.25, -0.2) is 4.68 Å². The second-order valence-electron chi connectivity index (χ2n) is 4.62. The van der Waals surface area contributed by atoms with Crippen molar-refractivity contribution < 1.29 is 0 Å². The first-order valence-electron chi connectivity index (χ1n) is 6.48. The Morgan fingerprint density at radius 3 is 2.53 bits per heavy atom. The van der Waals surface area contributed by atoms with Gasteiger partial charge < -0.3 is 5.32 Å². The lowest BCUT2D eigenvalue weighted by Gasteiger charge is -2.25. The first-order chi connectivity index (χ1) is 9.15. The zero-order chi connectivity index (χ0) is 13.8. The summed E-state index contributed by atoms with van der Waals surface area (Å²) in [6.45, 7) is 5.24. The molecule has 2 aromatic rings. The normalized spacial score (nSPS) is 14.3. The van der Waals surface area contributed by atoms with Gasteiger partial charge in [-0.05, 0) is 28.0 Å². The van der Waals surface area contributed by atoms with Gasteiger partial charge >= 0.3 is 0 Å². The van der Waals surface area contributed by atoms with Gasteiger partial charge in [0.15, 0.2) is 4.60 Å². The van der Waals surface area contributed by atoms with Crippen LogP contribution in [-0.4, -0.2) is 21.5 Å². The van der Waals surface area contributed by atoms with Gasteiger partial charge in [0.1, 0.15) is 0 Å². The van der Waals surface area contributed by atoms with Gasteiger partial charge in [-0.3, -0.25) is 0 Å². The third-order valence-corrected chi connectivity index (χ3v) is 3.94. The molecule has 0 saturated carbocycles. The molecule has 1 N–H and O–H groups in total. The van der Waals surface area contributed by atoms with E-state index in [-0.39, 0.29) is 6.04 Å². The molecule has 2 unspecified atom stereocenters. The number of halogens is 1. The number of nitrogens with zero attached hydrogens (tertiary/aromatic N) is 3. The topological polar surface area (TPSA) is 42.7 Å². The predicted molar refractivity (Wildman–Crippen MR) is 80.0 cm³/mol. The fourth-order valence-electron chi connectivity index (χ4n) is 2.35. The summed E-state index contributed by atoms with van der Waals surface area (Å²) in [6, 6.07) is 10.7. The van der Waals surface area contributed by atoms with Crippen molar-refractivity contribution >= 4 is 15.9 Å². The molecular weight excluding hydrogens is 304 g/mol. The third kappa shape index (κ3) is 3.04. The number of hydrogen-bond acceptors (Lipinski definition) is 3. The molecule has 0 aliphatic carbocycles. The molecule has 0 fully saturated rings. The van der Waals surface area contributed by atoms with Gasteiger partial charge in [-0.15, -0.1) is 5.10 Å². The van der Waals surface area contributed by atoms with Crippen LogP contribution in [0.25, 0.3) is 0 Å². The molecule has 102 valence electrons. The molecule has 0 saturated heterocycles. The van der Waals surface area contributed by atoms with Crippen LogP contribution in [0.15, 0.2) is 34.9 Å². The summed E-state index contributed by atoms with van der Waals surface area (Å²) in [5, 5.41) is 11.7. The summed E-state index contributed by atoms with van der Waals surface area (Å²) in [5.41, 5.74) is 2.39. The average Bonchev–Trinajstić information content (AvgIpc) is 2.76. The molecule has 0 aliphatic heterocycles. The Hall–Kier alpha value is -1.20. The van der Waals surface area contributed by atoms with Crippen molar-refractivity contribution in [3.63, 3.8) is 0 Å². The van der Waals surface area contributed by atoms with Crippen molar-refractivity contribution in [3.05, 3.63) is 46.2 Å². The highest BCUT2D eigenvalue weighted by Crippen LogP contribution is 2.33. The maximum absolute atomic E-state index is 4.09. The molecule has 5 heteroatoms. The Bertz CT molecular complexity index is 504. The van der Waals surface area contributed by atoms with Crippen molar-refractivity contribution in [2.45, 2.75) is 25.8 Å². The maximum atomic E-state index is 4.09. The molecule has 2 atom stereocenters. The fourth-order valence-corrected chi connectivity index (χ4v) is 2.92. The minimum Gasteiger partial charge on any atom is -0.308 e. The van der Waals surface area contributed by atoms with Crippen LogP contribution in [0.4, 0.5) is 0 Å². The standard InChI is InChI=1S/C14H19BrN4/c1-4-16-12(13-14(15)17-18-19(13)3)10(2)11-8-6-5-7-9-11/h5-10,12,16H,4H2,1-3H3. The maximum Gasteiger partial charge on any atom is 0.153 e. The van der Waals surface area contributed by atoms with Crippen molar-refractivity contribution in [1.82, 2.24) is 20.3 Å². The number of hydrogen-bond donors (Lipinski definition) is 1. The average molecular weight is 323 g/mol. The summed E-state index contributed by atoms with van der Waals surface area (Å²) in [4.78, 5) is 0. The lowest BCUT2D eigenvalue weighted by Crippen LogP contribution is -2.28. The number of rotatable bonds is 5. The number of nitrogens with one attached hydrogen (secondary N) is 1. The zero-order valence-corrected chi connectivity index (χ0v) is 13.1. The Morgan fingerprint density at radius 1 is 1.32 bits per heavy atom. The van der Waals surface area contributed by atoms with Gasteiger partial charge in [0, 0.05) is 13.0 Å². The van der Waals surface area contributed by atoms with E-state index < -0.39 is 0 Å². The van der Waals surface area contributed by atoms with E-state index in [0.717, 1.165) is 16.8 Å². The molecule has 4 nitrogen and oxygen atoms in total. The van der Waals surface area contributed by atoms with Crippen LogP contribution in [-0.2, 0) is 7.05 Å². The van der Waals surface area contributed by atoms with Crippen LogP contribution in [0.5, 0.6) is 0 Å². The minimum atomic E-state index is 0.182. The van der Waals surface area contributed by atoms with Crippen LogP contribution < -0.4 is 5.32 Å². The van der Waals surface area contributed by atoms with Crippen LogP contribution in [0, 0.1) is 0 Å². The Balaban J connectivity index is 2.36. The minimum absolute atomic E-state index is 0.182. The monoisotopic (exact) mass is 322 g/mol. The summed E-state index contributed by atoms with van der Waals surface area (Å²) in [5.74, 6) is 0.342. The molecule has 1 aromatic carbocycles. The fraction of sp³-hybridized carbons (Fsp3) is 0.429. The van der Waals surface area contributed by atoms with Gasteiger partial charge in [-0.2, -0.15) is 0 Å². The third-order valence-electron chi connectivity index (χ3n) is 3.37. The van der Waals surface area contributed by atoms with Crippen LogP contribution in [0.3, 0.4) is 0 Å². The van der Waals surface area contributed by atoms with E-state index in [0.29, 0.717) is 5.92 Å². The van der Waals surface area contributed by atoms with Gasteiger partial charge in [0.2, 0.25) is 0 Å². The van der Waals surface area contributed by atoms with E-state index >= 15 is 0 Å². The lowest BCUT2D eigenvalue weighted by atomic mass is 9.91. The van der Waals surface area contributed by atoms with E-state index in [9.17, 15) is 0 Å². The largest absolute Gasteiger partial charge is 0.308 e. The van der Waals surface area contributed by atoms with Crippen LogP contribution in [0.2, 0.25) is 0 Å². The first-order valence-corrected chi connectivity index (χ1v) is 7.27. The number of benzene rings is 1. The summed E-state index contributed by atoms with van der Waals surface area (Å²) in [7, 11) is 1.93. The van der Waals surface area contributed by atoms with E-state index in [1.165, 1.54) is 5.56 Å². The highest BCUT2D eigenvalue weighted by atomic mass is 79.9. The number of likely N-dealkylation sites (N-methyl/N-ethyl adjacent to an activating group) is 1. The molecular formula is C14H19BrN4. The second-order valence-corrected chi connectivity index (χ2v) is 5.37. The summed E-state index contributed by atoms with van der Waals surface area (Å²) < 4.78 is 2.64. The zero-order valence-electron chi connectivity index (χ0n) is 11.5. The van der Waals surface area contributed by atoms with E-state index in [4.69, 9.17) is 0 Å². The smallest absolute Gasteiger partial charge is 0.153 e. The molecule has 1 heterocycles. The Kier molecular flexibility index (Phi) is 4.71. The Morgan fingerprint density at radius 2 is 2.00 bits per heavy atom. The summed E-state index contributed by atoms with van der Waals surface area (Å²) >= 11 is 3.49. The first kappa shape index (κ1) is 14.2. The van der Waals surface area contributed by atoms with Crippen molar-refractivity contribution in [1.29, 1.82) is 0 Å². The van der Waals surface area contributed by atoms with Crippen molar-refractivity contribution in [2.75, 3.05) is 6.54 Å². The van der Waals surface area contributed by atoms with Crippen LogP contribution in [0.1, 0.15) is 37.1 Å². The molecule has 0 radical (unpaired) electrons. The molecule has 1 aromatic heterocycles. The molecule has 0 amide bonds. The number of aromatic nitrogens is 3. The molecule has 0 bridgehead atoms. The van der Waals surface area contributed by atoms with Crippen LogP contribution >= 0.6 is 15.9 Å². The van der Waals surface area contributed by atoms with Gasteiger partial charge in [0.05, 0.1) is 11.7 Å². The summed E-state index contributed by atoms with van der Waals surface area (Å²) in [6.07, 6.45) is 0. The molecule has 2 rings (SSSR count). The molecule has 0 spiro atoms. The lowest BCUT2D eigenvalue weighted by molar-refractivity contribution is 0.447. The molecule has 19 heavy (non-hydrogen) atoms. The van der Waals surface area contributed by atoms with Gasteiger partial charge in [0.25, 0.3) is 0 Å².